The van der Waals surface area contributed by atoms with E-state index in [1.54, 1.807) is 6.33 Å². The summed E-state index contributed by atoms with van der Waals surface area (Å²) in [5, 5.41) is 0.596. The Bertz CT molecular complexity index is 1220. The molecule has 0 saturated heterocycles. The van der Waals surface area contributed by atoms with Crippen molar-refractivity contribution in [2.24, 2.45) is 0 Å². The predicted octanol–water partition coefficient (Wildman–Crippen LogP) is 5.01. The van der Waals surface area contributed by atoms with E-state index in [4.69, 9.17) is 20.2 Å². The summed E-state index contributed by atoms with van der Waals surface area (Å²) in [5.74, 6) is 2.51. The maximum atomic E-state index is 6.08. The molecule has 7 nitrogen and oxygen atoms in total. The Morgan fingerprint density at radius 1 is 1.07 bits per heavy atom. The fourth-order valence-corrected chi connectivity index (χ4v) is 5.00. The minimum absolute atomic E-state index is 0.229. The average Bonchev–Trinajstić information content (AvgIpc) is 3.36. The van der Waals surface area contributed by atoms with Crippen LogP contribution in [0.15, 0.2) is 61.7 Å². The monoisotopic (exact) mass is 547 g/mol. The molecule has 2 aromatic rings. The summed E-state index contributed by atoms with van der Waals surface area (Å²) in [6.07, 6.45) is 2.55. The number of nitrogens with zero attached hydrogens (tertiary/aromatic N) is 4. The van der Waals surface area contributed by atoms with Crippen LogP contribution in [0.4, 0.5) is 5.82 Å². The molecular weight excluding hydrogens is 534 g/mol. The first-order valence-electron chi connectivity index (χ1n) is 9.07. The Kier molecular flexibility index (Phi) is 5.30. The highest BCUT2D eigenvalue weighted by Crippen LogP contribution is 2.43. The van der Waals surface area contributed by atoms with Gasteiger partial charge in [0.15, 0.2) is 34.0 Å². The topological polar surface area (TPSA) is 88.1 Å². The summed E-state index contributed by atoms with van der Waals surface area (Å²) in [6, 6.07) is 12.0. The van der Waals surface area contributed by atoms with Gasteiger partial charge in [0.05, 0.1) is 6.33 Å². The van der Waals surface area contributed by atoms with Crippen molar-refractivity contribution in [1.29, 1.82) is 0 Å². The molecule has 0 aromatic heterocycles. The number of halogens is 2. The largest absolute Gasteiger partial charge is 0.454 e. The van der Waals surface area contributed by atoms with Crippen molar-refractivity contribution in [3.05, 3.63) is 57.2 Å². The van der Waals surface area contributed by atoms with Gasteiger partial charge in [0.1, 0.15) is 0 Å². The second kappa shape index (κ2) is 8.09. The highest BCUT2D eigenvalue weighted by atomic mass is 79.9. The van der Waals surface area contributed by atoms with Crippen molar-refractivity contribution >= 4 is 49.4 Å². The summed E-state index contributed by atoms with van der Waals surface area (Å²) >= 11 is 8.61. The van der Waals surface area contributed by atoms with E-state index < -0.39 is 0 Å². The molecule has 152 valence electrons. The third-order valence-corrected chi connectivity index (χ3v) is 7.29. The van der Waals surface area contributed by atoms with E-state index in [0.717, 1.165) is 26.0 Å². The number of ether oxygens (including phenoxy) is 2. The summed E-state index contributed by atoms with van der Waals surface area (Å²) in [4.78, 5) is 14.6. The van der Waals surface area contributed by atoms with Gasteiger partial charge in [-0.2, -0.15) is 0 Å². The molecule has 0 unspecified atom stereocenters. The molecule has 0 aliphatic carbocycles. The zero-order valence-electron chi connectivity index (χ0n) is 15.5. The van der Waals surface area contributed by atoms with Crippen LogP contribution in [0.25, 0.3) is 11.5 Å². The maximum absolute atomic E-state index is 6.08. The lowest BCUT2D eigenvalue weighted by molar-refractivity contribution is 0.174. The number of imidazole rings is 1. The van der Waals surface area contributed by atoms with Crippen LogP contribution in [-0.4, -0.2) is 26.3 Å². The Morgan fingerprint density at radius 3 is 2.70 bits per heavy atom. The zero-order chi connectivity index (χ0) is 20.7. The molecule has 0 fully saturated rings. The molecule has 0 bridgehead atoms. The lowest BCUT2D eigenvalue weighted by Crippen LogP contribution is -2.10. The normalized spacial score (nSPS) is 12.6. The quantitative estimate of drug-likeness (QED) is 0.375. The van der Waals surface area contributed by atoms with E-state index in [9.17, 15) is 0 Å². The van der Waals surface area contributed by atoms with Gasteiger partial charge in [-0.3, -0.25) is 0 Å². The minimum Gasteiger partial charge on any atom is -0.454 e. The molecule has 0 radical (unpaired) electrons. The van der Waals surface area contributed by atoms with Crippen molar-refractivity contribution in [3.8, 4) is 23.0 Å². The predicted molar refractivity (Wildman–Crippen MR) is 121 cm³/mol. The first kappa shape index (κ1) is 19.7. The molecule has 30 heavy (non-hydrogen) atoms. The van der Waals surface area contributed by atoms with Crippen LogP contribution in [-0.2, 0) is 13.0 Å². The second-order valence-electron chi connectivity index (χ2n) is 6.58. The van der Waals surface area contributed by atoms with Crippen LogP contribution in [0.5, 0.6) is 11.5 Å². The number of nitrogen functional groups attached to an aromatic ring is 1. The van der Waals surface area contributed by atoms with Crippen LogP contribution in [0.2, 0.25) is 0 Å². The Hall–Kier alpha value is -2.30. The highest BCUT2D eigenvalue weighted by Gasteiger charge is 2.22. The first-order valence-corrected chi connectivity index (χ1v) is 11.5. The lowest BCUT2D eigenvalue weighted by Gasteiger charge is -2.11. The van der Waals surface area contributed by atoms with Crippen LogP contribution < -0.4 is 15.2 Å². The van der Waals surface area contributed by atoms with Crippen molar-refractivity contribution in [2.75, 3.05) is 12.5 Å². The van der Waals surface area contributed by atoms with Gasteiger partial charge >= 0.3 is 0 Å². The van der Waals surface area contributed by atoms with Gasteiger partial charge in [0.2, 0.25) is 6.79 Å². The van der Waals surface area contributed by atoms with Crippen molar-refractivity contribution < 1.29 is 9.47 Å². The van der Waals surface area contributed by atoms with E-state index in [1.807, 2.05) is 34.9 Å². The molecule has 2 N–H and O–H groups in total. The van der Waals surface area contributed by atoms with E-state index in [1.165, 1.54) is 17.3 Å². The smallest absolute Gasteiger partial charge is 0.231 e. The Balaban J connectivity index is 1.44. The number of hydrogen-bond donors (Lipinski definition) is 1. The molecular formula is C20H15Br2N5O2S. The van der Waals surface area contributed by atoms with Gasteiger partial charge < -0.3 is 19.8 Å². The van der Waals surface area contributed by atoms with Gasteiger partial charge in [-0.1, -0.05) is 34.1 Å². The number of anilines is 1. The molecule has 10 heteroatoms. The maximum Gasteiger partial charge on any atom is 0.231 e. The molecule has 0 atom stereocenters. The van der Waals surface area contributed by atoms with E-state index in [2.05, 4.69) is 47.9 Å². The second-order valence-corrected chi connectivity index (χ2v) is 9.30. The summed E-state index contributed by atoms with van der Waals surface area (Å²) < 4.78 is 14.8. The van der Waals surface area contributed by atoms with Gasteiger partial charge in [-0.15, -0.1) is 0 Å². The molecule has 5 rings (SSSR count). The molecule has 2 aromatic carbocycles. The third-order valence-electron chi connectivity index (χ3n) is 4.68. The van der Waals surface area contributed by atoms with Gasteiger partial charge in [0, 0.05) is 20.4 Å². The first-order chi connectivity index (χ1) is 14.6. The van der Waals surface area contributed by atoms with Crippen LogP contribution >= 0.6 is 43.6 Å². The number of aryl methyl sites for hydroxylation is 2. The zero-order valence-corrected chi connectivity index (χ0v) is 19.5. The Labute approximate surface area is 193 Å². The van der Waals surface area contributed by atoms with E-state index >= 15 is 0 Å². The van der Waals surface area contributed by atoms with E-state index in [-0.39, 0.29) is 6.79 Å². The molecule has 0 spiro atoms. The van der Waals surface area contributed by atoms with Crippen LogP contribution in [0.1, 0.15) is 5.56 Å². The number of benzene rings is 2. The highest BCUT2D eigenvalue weighted by molar-refractivity contribution is 9.10. The minimum atomic E-state index is 0.229. The van der Waals surface area contributed by atoms with Crippen molar-refractivity contribution in [3.63, 3.8) is 0 Å². The molecule has 3 aliphatic rings. The molecule has 3 aliphatic heterocycles. The average molecular weight is 549 g/mol. The van der Waals surface area contributed by atoms with Gasteiger partial charge in [-0.05, 0) is 57.9 Å². The number of hydrogen-bond acceptors (Lipinski definition) is 7. The van der Waals surface area contributed by atoms with Gasteiger partial charge in [0.25, 0.3) is 0 Å². The molecule has 0 saturated carbocycles. The van der Waals surface area contributed by atoms with Crippen molar-refractivity contribution in [2.45, 2.75) is 23.0 Å². The van der Waals surface area contributed by atoms with E-state index in [0.29, 0.717) is 34.8 Å². The number of fused-ring (bicyclic) bond motifs is 2. The fraction of sp³-hybridized carbons (Fsp3) is 0.150. The van der Waals surface area contributed by atoms with Crippen molar-refractivity contribution in [1.82, 2.24) is 19.5 Å². The number of nitrogens with two attached hydrogens (primary N) is 1. The summed E-state index contributed by atoms with van der Waals surface area (Å²) in [7, 11) is 0. The fourth-order valence-electron chi connectivity index (χ4n) is 3.16. The third kappa shape index (κ3) is 3.75. The van der Waals surface area contributed by atoms with Crippen LogP contribution in [0.3, 0.4) is 0 Å². The number of aromatic nitrogens is 4. The molecule has 0 amide bonds. The Morgan fingerprint density at radius 2 is 1.87 bits per heavy atom. The summed E-state index contributed by atoms with van der Waals surface area (Å²) in [6.45, 7) is 0.940. The number of rotatable bonds is 5. The summed E-state index contributed by atoms with van der Waals surface area (Å²) in [5.41, 5.74) is 7.89. The standard InChI is InChI=1S/C20H15Br2N5O2S/c21-12-4-2-1-3-11(12)5-6-27-9-24-18(23)17-19(27)26-20(25-17)30-16-8-15-14(7-13(16)22)28-10-29-15/h1-4,7-9H,5-6,10,23H2. The SMILES string of the molecule is Nc1ncn(CCc2ccccc2Br)c2nc(Sc3cc4c(cc3Br)OCO4)nc1-2. The van der Waals surface area contributed by atoms with Crippen LogP contribution in [0, 0.1) is 0 Å². The lowest BCUT2D eigenvalue weighted by atomic mass is 10.1. The van der Waals surface area contributed by atoms with Gasteiger partial charge in [-0.25, -0.2) is 15.0 Å². The molecule has 3 heterocycles.